The summed E-state index contributed by atoms with van der Waals surface area (Å²) in [6.45, 7) is 2.21. The van der Waals surface area contributed by atoms with Crippen LogP contribution in [0.5, 0.6) is 0 Å². The highest BCUT2D eigenvalue weighted by Crippen LogP contribution is 2.24. The molecule has 1 unspecified atom stereocenters. The van der Waals surface area contributed by atoms with Crippen LogP contribution in [0.4, 0.5) is 5.69 Å². The Kier molecular flexibility index (Phi) is 5.48. The number of likely N-dealkylation sites (tertiary alicyclic amines) is 1. The second-order valence-electron chi connectivity index (χ2n) is 6.21. The number of ether oxygens (including phenoxy) is 2. The van der Waals surface area contributed by atoms with Crippen LogP contribution < -0.4 is 4.90 Å². The third-order valence-electron chi connectivity index (χ3n) is 4.64. The molecule has 6 nitrogen and oxygen atoms in total. The second kappa shape index (κ2) is 7.77. The minimum Gasteiger partial charge on any atom is -0.375 e. The van der Waals surface area contributed by atoms with Gasteiger partial charge in [0.05, 0.1) is 13.2 Å². The van der Waals surface area contributed by atoms with Crippen molar-refractivity contribution >= 4 is 17.5 Å². The molecule has 1 aromatic rings. The molecule has 1 aromatic carbocycles. The Morgan fingerprint density at radius 3 is 2.96 bits per heavy atom. The first kappa shape index (κ1) is 16.9. The minimum atomic E-state index is -0.431. The largest absolute Gasteiger partial charge is 0.375 e. The van der Waals surface area contributed by atoms with Crippen molar-refractivity contribution in [2.45, 2.75) is 32.0 Å². The van der Waals surface area contributed by atoms with Crippen molar-refractivity contribution in [1.29, 1.82) is 0 Å². The SMILES string of the molecule is COC1CCCCN(CC(=O)N2CCOCc3ccccc32)C1=O. The predicted octanol–water partition coefficient (Wildman–Crippen LogP) is 1.58. The highest BCUT2D eigenvalue weighted by atomic mass is 16.5. The first-order valence-corrected chi connectivity index (χ1v) is 8.48. The molecule has 1 atom stereocenters. The van der Waals surface area contributed by atoms with E-state index >= 15 is 0 Å². The molecule has 2 amide bonds. The summed E-state index contributed by atoms with van der Waals surface area (Å²) in [4.78, 5) is 28.8. The Balaban J connectivity index is 1.75. The molecule has 0 N–H and O–H groups in total. The predicted molar refractivity (Wildman–Crippen MR) is 89.7 cm³/mol. The van der Waals surface area contributed by atoms with Crippen LogP contribution in [0.25, 0.3) is 0 Å². The van der Waals surface area contributed by atoms with Crippen molar-refractivity contribution in [3.8, 4) is 0 Å². The van der Waals surface area contributed by atoms with Gasteiger partial charge in [-0.05, 0) is 25.3 Å². The third kappa shape index (κ3) is 3.60. The summed E-state index contributed by atoms with van der Waals surface area (Å²) >= 11 is 0. The molecule has 0 bridgehead atoms. The van der Waals surface area contributed by atoms with Crippen molar-refractivity contribution in [2.75, 3.05) is 38.3 Å². The summed E-state index contributed by atoms with van der Waals surface area (Å²) in [5.41, 5.74) is 1.88. The topological polar surface area (TPSA) is 59.1 Å². The van der Waals surface area contributed by atoms with Crippen molar-refractivity contribution in [3.63, 3.8) is 0 Å². The van der Waals surface area contributed by atoms with E-state index in [4.69, 9.17) is 9.47 Å². The Morgan fingerprint density at radius 1 is 1.29 bits per heavy atom. The van der Waals surface area contributed by atoms with E-state index in [1.54, 1.807) is 16.9 Å². The zero-order valence-electron chi connectivity index (χ0n) is 14.1. The van der Waals surface area contributed by atoms with Gasteiger partial charge in [0.25, 0.3) is 5.91 Å². The second-order valence-corrected chi connectivity index (χ2v) is 6.21. The number of nitrogens with zero attached hydrogens (tertiary/aromatic N) is 2. The number of hydrogen-bond donors (Lipinski definition) is 0. The van der Waals surface area contributed by atoms with Gasteiger partial charge < -0.3 is 19.3 Å². The Hall–Kier alpha value is -1.92. The van der Waals surface area contributed by atoms with E-state index in [0.717, 1.165) is 30.5 Å². The number of hydrogen-bond acceptors (Lipinski definition) is 4. The fourth-order valence-electron chi connectivity index (χ4n) is 3.31. The molecule has 6 heteroatoms. The molecule has 0 aromatic heterocycles. The smallest absolute Gasteiger partial charge is 0.252 e. The minimum absolute atomic E-state index is 0.0712. The summed E-state index contributed by atoms with van der Waals surface area (Å²) in [6, 6.07) is 7.77. The van der Waals surface area contributed by atoms with Crippen LogP contribution in [-0.2, 0) is 25.7 Å². The van der Waals surface area contributed by atoms with Crippen molar-refractivity contribution in [2.24, 2.45) is 0 Å². The van der Waals surface area contributed by atoms with Gasteiger partial charge in [0.15, 0.2) is 0 Å². The van der Waals surface area contributed by atoms with Gasteiger partial charge in [-0.15, -0.1) is 0 Å². The van der Waals surface area contributed by atoms with Gasteiger partial charge in [-0.1, -0.05) is 18.2 Å². The number of methoxy groups -OCH3 is 1. The van der Waals surface area contributed by atoms with Crippen LogP contribution in [0, 0.1) is 0 Å². The number of amides is 2. The molecular formula is C18H24N2O4. The lowest BCUT2D eigenvalue weighted by molar-refractivity contribution is -0.143. The monoisotopic (exact) mass is 332 g/mol. The van der Waals surface area contributed by atoms with Gasteiger partial charge in [0.2, 0.25) is 5.91 Å². The Bertz CT molecular complexity index is 604. The fourth-order valence-corrected chi connectivity index (χ4v) is 3.31. The summed E-state index contributed by atoms with van der Waals surface area (Å²) < 4.78 is 10.9. The molecule has 0 saturated carbocycles. The highest BCUT2D eigenvalue weighted by Gasteiger charge is 2.30. The Morgan fingerprint density at radius 2 is 2.12 bits per heavy atom. The molecule has 0 aliphatic carbocycles. The van der Waals surface area contributed by atoms with Crippen LogP contribution in [0.1, 0.15) is 24.8 Å². The average Bonchev–Trinajstić information content (AvgIpc) is 2.91. The van der Waals surface area contributed by atoms with Gasteiger partial charge in [0.1, 0.15) is 12.6 Å². The standard InChI is InChI=1S/C18H24N2O4/c1-23-16-8-4-5-9-19(18(16)22)12-17(21)20-10-11-24-13-14-6-2-3-7-15(14)20/h2-3,6-7,16H,4-5,8-13H2,1H3. The van der Waals surface area contributed by atoms with E-state index in [-0.39, 0.29) is 18.4 Å². The summed E-state index contributed by atoms with van der Waals surface area (Å²) in [5, 5.41) is 0. The lowest BCUT2D eigenvalue weighted by Gasteiger charge is -2.28. The molecule has 24 heavy (non-hydrogen) atoms. The lowest BCUT2D eigenvalue weighted by atomic mass is 10.1. The van der Waals surface area contributed by atoms with Crippen molar-refractivity contribution in [1.82, 2.24) is 4.90 Å². The maximum absolute atomic E-state index is 12.9. The normalized spacial score (nSPS) is 21.9. The number of fused-ring (bicyclic) bond motifs is 1. The molecule has 1 saturated heterocycles. The molecule has 0 radical (unpaired) electrons. The zero-order valence-corrected chi connectivity index (χ0v) is 14.1. The van der Waals surface area contributed by atoms with Crippen LogP contribution in [0.3, 0.4) is 0 Å². The molecule has 0 spiro atoms. The number of anilines is 1. The van der Waals surface area contributed by atoms with Crippen LogP contribution >= 0.6 is 0 Å². The van der Waals surface area contributed by atoms with Crippen LogP contribution in [0.15, 0.2) is 24.3 Å². The molecule has 3 rings (SSSR count). The molecule has 2 heterocycles. The van der Waals surface area contributed by atoms with Gasteiger partial charge in [0, 0.05) is 31.5 Å². The molecule has 2 aliphatic rings. The molecule has 2 aliphatic heterocycles. The lowest BCUT2D eigenvalue weighted by Crippen LogP contribution is -2.46. The van der Waals surface area contributed by atoms with E-state index in [1.165, 1.54) is 0 Å². The van der Waals surface area contributed by atoms with E-state index in [0.29, 0.717) is 26.3 Å². The van der Waals surface area contributed by atoms with E-state index in [9.17, 15) is 9.59 Å². The van der Waals surface area contributed by atoms with Crippen molar-refractivity contribution < 1.29 is 19.1 Å². The number of benzene rings is 1. The Labute approximate surface area is 142 Å². The summed E-state index contributed by atoms with van der Waals surface area (Å²) in [6.07, 6.45) is 2.13. The van der Waals surface area contributed by atoms with E-state index < -0.39 is 6.10 Å². The van der Waals surface area contributed by atoms with Crippen LogP contribution in [-0.4, -0.2) is 56.2 Å². The van der Waals surface area contributed by atoms with E-state index in [2.05, 4.69) is 0 Å². The quantitative estimate of drug-likeness (QED) is 0.843. The summed E-state index contributed by atoms with van der Waals surface area (Å²) in [7, 11) is 1.55. The van der Waals surface area contributed by atoms with Gasteiger partial charge in [-0.3, -0.25) is 9.59 Å². The highest BCUT2D eigenvalue weighted by molar-refractivity contribution is 5.97. The number of para-hydroxylation sites is 1. The maximum Gasteiger partial charge on any atom is 0.252 e. The first-order valence-electron chi connectivity index (χ1n) is 8.48. The van der Waals surface area contributed by atoms with Gasteiger partial charge in [-0.2, -0.15) is 0 Å². The molecule has 130 valence electrons. The van der Waals surface area contributed by atoms with Crippen molar-refractivity contribution in [3.05, 3.63) is 29.8 Å². The molecule has 1 fully saturated rings. The zero-order chi connectivity index (χ0) is 16.9. The third-order valence-corrected chi connectivity index (χ3v) is 4.64. The number of rotatable bonds is 3. The molecular weight excluding hydrogens is 308 g/mol. The summed E-state index contributed by atoms with van der Waals surface area (Å²) in [5.74, 6) is -0.152. The van der Waals surface area contributed by atoms with E-state index in [1.807, 2.05) is 24.3 Å². The van der Waals surface area contributed by atoms with Gasteiger partial charge in [-0.25, -0.2) is 0 Å². The number of carbonyl (C=O) groups is 2. The average molecular weight is 332 g/mol. The van der Waals surface area contributed by atoms with Crippen LogP contribution in [0.2, 0.25) is 0 Å². The fraction of sp³-hybridized carbons (Fsp3) is 0.556. The maximum atomic E-state index is 12.9. The first-order chi connectivity index (χ1) is 11.7. The van der Waals surface area contributed by atoms with Gasteiger partial charge >= 0.3 is 0 Å². The number of carbonyl (C=O) groups excluding carboxylic acids is 2.